The van der Waals surface area contributed by atoms with E-state index < -0.39 is 10.0 Å². The highest BCUT2D eigenvalue weighted by Crippen LogP contribution is 2.27. The van der Waals surface area contributed by atoms with Crippen molar-refractivity contribution in [2.24, 2.45) is 0 Å². The summed E-state index contributed by atoms with van der Waals surface area (Å²) in [7, 11) is -3.43. The van der Waals surface area contributed by atoms with Crippen molar-refractivity contribution in [2.75, 3.05) is 0 Å². The molecule has 1 atom stereocenters. The van der Waals surface area contributed by atoms with Crippen molar-refractivity contribution in [2.45, 2.75) is 49.3 Å². The Labute approximate surface area is 136 Å². The molecular weight excluding hydrogens is 314 g/mol. The van der Waals surface area contributed by atoms with E-state index in [1.165, 1.54) is 35.3 Å². The summed E-state index contributed by atoms with van der Waals surface area (Å²) in [5.41, 5.74) is 3.88. The second-order valence-electron chi connectivity index (χ2n) is 5.75. The third-order valence-corrected chi connectivity index (χ3v) is 7.11. The van der Waals surface area contributed by atoms with E-state index in [9.17, 15) is 8.42 Å². The summed E-state index contributed by atoms with van der Waals surface area (Å²) >= 11 is 1.25. The summed E-state index contributed by atoms with van der Waals surface area (Å²) in [5, 5.41) is 1.79. The monoisotopic (exact) mass is 335 g/mol. The zero-order valence-electron chi connectivity index (χ0n) is 12.7. The summed E-state index contributed by atoms with van der Waals surface area (Å²) < 4.78 is 28.1. The van der Waals surface area contributed by atoms with Crippen LogP contribution in [-0.2, 0) is 22.9 Å². The predicted octanol–water partition coefficient (Wildman–Crippen LogP) is 4.06. The van der Waals surface area contributed by atoms with Crippen LogP contribution in [0.5, 0.6) is 0 Å². The van der Waals surface area contributed by atoms with Crippen LogP contribution in [0.15, 0.2) is 39.9 Å². The Morgan fingerprint density at radius 2 is 1.95 bits per heavy atom. The zero-order valence-corrected chi connectivity index (χ0v) is 14.3. The predicted molar refractivity (Wildman–Crippen MR) is 90.8 cm³/mol. The van der Waals surface area contributed by atoms with E-state index in [1.54, 1.807) is 17.5 Å². The highest BCUT2D eigenvalue weighted by Gasteiger charge is 2.22. The molecule has 0 bridgehead atoms. The molecule has 1 aromatic heterocycles. The molecule has 3 nitrogen and oxygen atoms in total. The van der Waals surface area contributed by atoms with Gasteiger partial charge in [-0.15, -0.1) is 11.3 Å². The zero-order chi connectivity index (χ0) is 15.6. The van der Waals surface area contributed by atoms with Gasteiger partial charge in [0.1, 0.15) is 4.21 Å². The van der Waals surface area contributed by atoms with Crippen LogP contribution in [0.25, 0.3) is 0 Å². The second kappa shape index (κ2) is 6.52. The Morgan fingerprint density at radius 1 is 1.18 bits per heavy atom. The molecule has 1 aliphatic carbocycles. The largest absolute Gasteiger partial charge is 0.250 e. The van der Waals surface area contributed by atoms with E-state index in [1.807, 2.05) is 6.92 Å². The molecule has 0 saturated carbocycles. The normalized spacial score (nSPS) is 16.2. The number of hydrogen-bond acceptors (Lipinski definition) is 3. The number of fused-ring (bicyclic) bond motifs is 1. The van der Waals surface area contributed by atoms with Crippen LogP contribution in [0.4, 0.5) is 0 Å². The van der Waals surface area contributed by atoms with E-state index in [0.717, 1.165) is 24.8 Å². The number of benzene rings is 1. The summed E-state index contributed by atoms with van der Waals surface area (Å²) in [6.45, 7) is 2.01. The molecule has 0 amide bonds. The van der Waals surface area contributed by atoms with Crippen LogP contribution in [0.1, 0.15) is 48.9 Å². The minimum absolute atomic E-state index is 0.167. The fourth-order valence-corrected chi connectivity index (χ4v) is 5.34. The molecule has 0 aliphatic heterocycles. The van der Waals surface area contributed by atoms with E-state index in [2.05, 4.69) is 22.9 Å². The maximum atomic E-state index is 12.4. The Hall–Kier alpha value is -1.17. The first-order chi connectivity index (χ1) is 10.6. The maximum absolute atomic E-state index is 12.4. The quantitative estimate of drug-likeness (QED) is 0.896. The molecule has 1 N–H and O–H groups in total. The molecule has 0 spiro atoms. The first-order valence-electron chi connectivity index (χ1n) is 7.77. The number of sulfonamides is 1. The molecule has 5 heteroatoms. The van der Waals surface area contributed by atoms with Gasteiger partial charge in [-0.05, 0) is 60.2 Å². The van der Waals surface area contributed by atoms with Crippen molar-refractivity contribution in [1.82, 2.24) is 4.72 Å². The van der Waals surface area contributed by atoms with Gasteiger partial charge in [-0.2, -0.15) is 0 Å². The van der Waals surface area contributed by atoms with Gasteiger partial charge < -0.3 is 0 Å². The van der Waals surface area contributed by atoms with Crippen LogP contribution in [0.3, 0.4) is 0 Å². The second-order valence-corrected chi connectivity index (χ2v) is 8.64. The van der Waals surface area contributed by atoms with Crippen LogP contribution >= 0.6 is 11.3 Å². The molecule has 1 heterocycles. The third-order valence-electron chi connectivity index (χ3n) is 4.24. The van der Waals surface area contributed by atoms with Crippen LogP contribution in [0.2, 0.25) is 0 Å². The maximum Gasteiger partial charge on any atom is 0.250 e. The lowest BCUT2D eigenvalue weighted by atomic mass is 9.89. The molecule has 1 aliphatic rings. The van der Waals surface area contributed by atoms with E-state index in [-0.39, 0.29) is 6.04 Å². The minimum atomic E-state index is -3.43. The number of hydrogen-bond donors (Lipinski definition) is 1. The van der Waals surface area contributed by atoms with Crippen molar-refractivity contribution in [3.8, 4) is 0 Å². The van der Waals surface area contributed by atoms with Crippen LogP contribution in [-0.4, -0.2) is 8.42 Å². The van der Waals surface area contributed by atoms with Crippen molar-refractivity contribution in [1.29, 1.82) is 0 Å². The van der Waals surface area contributed by atoms with Gasteiger partial charge in [-0.25, -0.2) is 13.1 Å². The Bertz CT molecular complexity index is 736. The summed E-state index contributed by atoms with van der Waals surface area (Å²) in [4.78, 5) is 0. The molecule has 0 radical (unpaired) electrons. The standard InChI is InChI=1S/C17H21NO2S2/c1-2-16(18-22(19,20)17-8-5-11-21-17)15-10-9-13-6-3-4-7-14(13)12-15/h5,8-12,16,18H,2-4,6-7H2,1H3/t16-/m0/s1. The van der Waals surface area contributed by atoms with Crippen molar-refractivity contribution in [3.63, 3.8) is 0 Å². The van der Waals surface area contributed by atoms with Gasteiger partial charge in [0.2, 0.25) is 0 Å². The molecule has 0 unspecified atom stereocenters. The number of nitrogens with one attached hydrogen (secondary N) is 1. The van der Waals surface area contributed by atoms with E-state index in [0.29, 0.717) is 4.21 Å². The fraction of sp³-hybridized carbons (Fsp3) is 0.412. The molecular formula is C17H21NO2S2. The average molecular weight is 335 g/mol. The van der Waals surface area contributed by atoms with Crippen LogP contribution in [0, 0.1) is 0 Å². The van der Waals surface area contributed by atoms with Gasteiger partial charge in [0.15, 0.2) is 0 Å². The number of rotatable bonds is 5. The SMILES string of the molecule is CC[C@H](NS(=O)(=O)c1cccs1)c1ccc2c(c1)CCCC2. The molecule has 1 aromatic carbocycles. The molecule has 22 heavy (non-hydrogen) atoms. The van der Waals surface area contributed by atoms with Gasteiger partial charge in [0.05, 0.1) is 0 Å². The molecule has 118 valence electrons. The van der Waals surface area contributed by atoms with Crippen LogP contribution < -0.4 is 4.72 Å². The number of thiophene rings is 1. The van der Waals surface area contributed by atoms with Crippen molar-refractivity contribution in [3.05, 3.63) is 52.4 Å². The van der Waals surface area contributed by atoms with Gasteiger partial charge in [0, 0.05) is 6.04 Å². The third kappa shape index (κ3) is 3.26. The summed E-state index contributed by atoms with van der Waals surface area (Å²) in [5.74, 6) is 0. The average Bonchev–Trinajstić information content (AvgIpc) is 3.07. The molecule has 2 aromatic rings. The Morgan fingerprint density at radius 3 is 2.64 bits per heavy atom. The lowest BCUT2D eigenvalue weighted by Gasteiger charge is -2.21. The van der Waals surface area contributed by atoms with Crippen molar-refractivity contribution < 1.29 is 8.42 Å². The fourth-order valence-electron chi connectivity index (χ4n) is 3.02. The summed E-state index contributed by atoms with van der Waals surface area (Å²) in [6.07, 6.45) is 5.48. The first kappa shape index (κ1) is 15.7. The van der Waals surface area contributed by atoms with E-state index >= 15 is 0 Å². The lowest BCUT2D eigenvalue weighted by molar-refractivity contribution is 0.551. The number of aryl methyl sites for hydroxylation is 2. The van der Waals surface area contributed by atoms with Gasteiger partial charge >= 0.3 is 0 Å². The van der Waals surface area contributed by atoms with Gasteiger partial charge in [-0.3, -0.25) is 0 Å². The molecule has 0 saturated heterocycles. The summed E-state index contributed by atoms with van der Waals surface area (Å²) in [6, 6.07) is 9.69. The highest BCUT2D eigenvalue weighted by atomic mass is 32.2. The topological polar surface area (TPSA) is 46.2 Å². The first-order valence-corrected chi connectivity index (χ1v) is 10.1. The minimum Gasteiger partial charge on any atom is -0.206 e. The van der Waals surface area contributed by atoms with Gasteiger partial charge in [0.25, 0.3) is 10.0 Å². The Kier molecular flexibility index (Phi) is 4.66. The Balaban J connectivity index is 1.85. The van der Waals surface area contributed by atoms with Gasteiger partial charge in [-0.1, -0.05) is 31.2 Å². The van der Waals surface area contributed by atoms with E-state index in [4.69, 9.17) is 0 Å². The smallest absolute Gasteiger partial charge is 0.206 e. The molecule has 3 rings (SSSR count). The molecule has 0 fully saturated rings. The van der Waals surface area contributed by atoms with Crippen molar-refractivity contribution >= 4 is 21.4 Å². The lowest BCUT2D eigenvalue weighted by Crippen LogP contribution is -2.28. The highest BCUT2D eigenvalue weighted by molar-refractivity contribution is 7.91.